The molecule has 1 aromatic rings. The van der Waals surface area contributed by atoms with Crippen LogP contribution in [0.1, 0.15) is 37.5 Å². The lowest BCUT2D eigenvalue weighted by Crippen LogP contribution is -2.11. The maximum Gasteiger partial charge on any atom is 0.265 e. The Morgan fingerprint density at radius 3 is 2.67 bits per heavy atom. The topological polar surface area (TPSA) is 73.0 Å². The van der Waals surface area contributed by atoms with Crippen LogP contribution in [0, 0.1) is 0 Å². The second-order valence-corrected chi connectivity index (χ2v) is 6.30. The minimum atomic E-state index is -3.61. The van der Waals surface area contributed by atoms with Crippen molar-refractivity contribution < 1.29 is 8.42 Å². The first-order valence-electron chi connectivity index (χ1n) is 5.01. The highest BCUT2D eigenvalue weighted by atomic mass is 32.2. The zero-order valence-electron chi connectivity index (χ0n) is 8.77. The van der Waals surface area contributed by atoms with Crippen LogP contribution in [0.25, 0.3) is 0 Å². The van der Waals surface area contributed by atoms with Gasteiger partial charge >= 0.3 is 0 Å². The highest BCUT2D eigenvalue weighted by molar-refractivity contribution is 7.91. The standard InChI is InChI=1S/C9H16N2O2S2/c1-2-3-4-5-6-8-7-11-9(14-8)15(10,12)13/h7H,2-6H2,1H3,(H2,10,12,13). The number of hydrogen-bond acceptors (Lipinski definition) is 4. The second kappa shape index (κ2) is 5.58. The lowest BCUT2D eigenvalue weighted by atomic mass is 10.1. The molecule has 0 unspecified atom stereocenters. The number of aromatic nitrogens is 1. The Morgan fingerprint density at radius 2 is 2.13 bits per heavy atom. The van der Waals surface area contributed by atoms with Gasteiger partial charge in [0.25, 0.3) is 10.0 Å². The van der Waals surface area contributed by atoms with Crippen molar-refractivity contribution in [2.45, 2.75) is 43.4 Å². The van der Waals surface area contributed by atoms with Gasteiger partial charge in [-0.25, -0.2) is 18.5 Å². The molecule has 0 aliphatic rings. The van der Waals surface area contributed by atoms with Crippen molar-refractivity contribution >= 4 is 21.4 Å². The van der Waals surface area contributed by atoms with Crippen LogP contribution in [0.4, 0.5) is 0 Å². The van der Waals surface area contributed by atoms with E-state index in [1.807, 2.05) is 0 Å². The number of unbranched alkanes of at least 4 members (excludes halogenated alkanes) is 3. The monoisotopic (exact) mass is 248 g/mol. The van der Waals surface area contributed by atoms with E-state index in [2.05, 4.69) is 11.9 Å². The maximum absolute atomic E-state index is 10.9. The van der Waals surface area contributed by atoms with Crippen molar-refractivity contribution in [2.75, 3.05) is 0 Å². The summed E-state index contributed by atoms with van der Waals surface area (Å²) in [6.07, 6.45) is 7.19. The zero-order valence-corrected chi connectivity index (χ0v) is 10.4. The van der Waals surface area contributed by atoms with Crippen molar-refractivity contribution in [2.24, 2.45) is 5.14 Å². The van der Waals surface area contributed by atoms with Crippen LogP contribution in [0.15, 0.2) is 10.5 Å². The second-order valence-electron chi connectivity index (χ2n) is 3.45. The Hall–Kier alpha value is -0.460. The molecule has 0 fully saturated rings. The summed E-state index contributed by atoms with van der Waals surface area (Å²) < 4.78 is 21.9. The molecule has 1 aromatic heterocycles. The first kappa shape index (κ1) is 12.6. The van der Waals surface area contributed by atoms with Crippen LogP contribution in [0.2, 0.25) is 0 Å². The zero-order chi connectivity index (χ0) is 11.3. The third kappa shape index (κ3) is 4.27. The van der Waals surface area contributed by atoms with Crippen molar-refractivity contribution in [3.05, 3.63) is 11.1 Å². The van der Waals surface area contributed by atoms with Gasteiger partial charge in [0, 0.05) is 11.1 Å². The molecule has 2 N–H and O–H groups in total. The summed E-state index contributed by atoms with van der Waals surface area (Å²) in [6.45, 7) is 2.16. The van der Waals surface area contributed by atoms with E-state index in [4.69, 9.17) is 5.14 Å². The largest absolute Gasteiger partial charge is 0.265 e. The van der Waals surface area contributed by atoms with E-state index in [0.717, 1.165) is 17.7 Å². The van der Waals surface area contributed by atoms with Gasteiger partial charge in [-0.1, -0.05) is 26.2 Å². The summed E-state index contributed by atoms with van der Waals surface area (Å²) in [6, 6.07) is 0. The fourth-order valence-corrected chi connectivity index (χ4v) is 2.93. The van der Waals surface area contributed by atoms with E-state index in [0.29, 0.717) is 0 Å². The number of aryl methyl sites for hydroxylation is 1. The molecular formula is C9H16N2O2S2. The van der Waals surface area contributed by atoms with Crippen LogP contribution in [0.5, 0.6) is 0 Å². The summed E-state index contributed by atoms with van der Waals surface area (Å²) >= 11 is 1.17. The first-order valence-corrected chi connectivity index (χ1v) is 7.38. The van der Waals surface area contributed by atoms with E-state index in [9.17, 15) is 8.42 Å². The number of nitrogens with zero attached hydrogens (tertiary/aromatic N) is 1. The van der Waals surface area contributed by atoms with Gasteiger partial charge in [-0.3, -0.25) is 0 Å². The third-order valence-electron chi connectivity index (χ3n) is 2.05. The molecule has 0 aliphatic carbocycles. The Morgan fingerprint density at radius 1 is 1.40 bits per heavy atom. The fraction of sp³-hybridized carbons (Fsp3) is 0.667. The van der Waals surface area contributed by atoms with Gasteiger partial charge in [-0.2, -0.15) is 0 Å². The molecule has 0 bridgehead atoms. The SMILES string of the molecule is CCCCCCc1cnc(S(N)(=O)=O)s1. The van der Waals surface area contributed by atoms with Crippen LogP contribution >= 0.6 is 11.3 Å². The lowest BCUT2D eigenvalue weighted by molar-refractivity contribution is 0.597. The number of hydrogen-bond donors (Lipinski definition) is 1. The van der Waals surface area contributed by atoms with Gasteiger partial charge in [0.05, 0.1) is 0 Å². The molecular weight excluding hydrogens is 232 g/mol. The Bertz CT molecular complexity index is 398. The Balaban J connectivity index is 2.47. The smallest absolute Gasteiger partial charge is 0.232 e. The number of thiazole rings is 1. The van der Waals surface area contributed by atoms with Crippen molar-refractivity contribution in [3.63, 3.8) is 0 Å². The summed E-state index contributed by atoms with van der Waals surface area (Å²) in [5, 5.41) is 4.97. The van der Waals surface area contributed by atoms with Crippen molar-refractivity contribution in [3.8, 4) is 0 Å². The summed E-state index contributed by atoms with van der Waals surface area (Å²) in [4.78, 5) is 4.79. The molecule has 6 heteroatoms. The highest BCUT2D eigenvalue weighted by Crippen LogP contribution is 2.18. The third-order valence-corrected chi connectivity index (χ3v) is 4.44. The van der Waals surface area contributed by atoms with E-state index in [1.54, 1.807) is 6.20 Å². The fourth-order valence-electron chi connectivity index (χ4n) is 1.26. The molecule has 15 heavy (non-hydrogen) atoms. The molecule has 0 atom stereocenters. The number of sulfonamides is 1. The van der Waals surface area contributed by atoms with Crippen molar-refractivity contribution in [1.82, 2.24) is 4.98 Å². The normalized spacial score (nSPS) is 11.9. The van der Waals surface area contributed by atoms with E-state index in [1.165, 1.54) is 30.6 Å². The Kier molecular flexibility index (Phi) is 4.69. The summed E-state index contributed by atoms with van der Waals surface area (Å²) in [5.41, 5.74) is 0. The predicted molar refractivity (Wildman–Crippen MR) is 61.3 cm³/mol. The molecule has 0 aromatic carbocycles. The molecule has 1 rings (SSSR count). The number of rotatable bonds is 6. The maximum atomic E-state index is 10.9. The minimum Gasteiger partial charge on any atom is -0.232 e. The van der Waals surface area contributed by atoms with Gasteiger partial charge < -0.3 is 0 Å². The average molecular weight is 248 g/mol. The molecule has 0 radical (unpaired) electrons. The van der Waals surface area contributed by atoms with E-state index in [-0.39, 0.29) is 4.34 Å². The lowest BCUT2D eigenvalue weighted by Gasteiger charge is -1.95. The highest BCUT2D eigenvalue weighted by Gasteiger charge is 2.12. The molecule has 0 saturated heterocycles. The summed E-state index contributed by atoms with van der Waals surface area (Å²) in [7, 11) is -3.61. The summed E-state index contributed by atoms with van der Waals surface area (Å²) in [5.74, 6) is 0. The Labute approximate surface area is 94.6 Å². The average Bonchev–Trinajstić information content (AvgIpc) is 2.60. The molecule has 86 valence electrons. The number of primary sulfonamides is 1. The molecule has 1 heterocycles. The first-order chi connectivity index (χ1) is 7.04. The molecule has 0 aliphatic heterocycles. The van der Waals surface area contributed by atoms with Gasteiger partial charge in [-0.05, 0) is 12.8 Å². The van der Waals surface area contributed by atoms with Crippen LogP contribution in [0.3, 0.4) is 0 Å². The van der Waals surface area contributed by atoms with Gasteiger partial charge in [0.1, 0.15) is 0 Å². The molecule has 0 spiro atoms. The van der Waals surface area contributed by atoms with Crippen LogP contribution in [-0.4, -0.2) is 13.4 Å². The molecule has 0 amide bonds. The van der Waals surface area contributed by atoms with Crippen LogP contribution in [-0.2, 0) is 16.4 Å². The van der Waals surface area contributed by atoms with Gasteiger partial charge in [-0.15, -0.1) is 11.3 Å². The molecule has 4 nitrogen and oxygen atoms in total. The van der Waals surface area contributed by atoms with Crippen LogP contribution < -0.4 is 5.14 Å². The molecule has 0 saturated carbocycles. The number of nitrogens with two attached hydrogens (primary N) is 1. The minimum absolute atomic E-state index is 0.0213. The van der Waals surface area contributed by atoms with E-state index < -0.39 is 10.0 Å². The van der Waals surface area contributed by atoms with Crippen molar-refractivity contribution in [1.29, 1.82) is 0 Å². The van der Waals surface area contributed by atoms with Gasteiger partial charge in [0.15, 0.2) is 0 Å². The van der Waals surface area contributed by atoms with Gasteiger partial charge in [0.2, 0.25) is 4.34 Å². The predicted octanol–water partition coefficient (Wildman–Crippen LogP) is 1.91. The van der Waals surface area contributed by atoms with E-state index >= 15 is 0 Å². The quantitative estimate of drug-likeness (QED) is 0.782.